The molecule has 1 amide bonds. The number of anilines is 1. The number of nitrogens with zero attached hydrogens (tertiary/aromatic N) is 5. The molecule has 0 N–H and O–H groups in total. The molecule has 36 heavy (non-hydrogen) atoms. The number of halogens is 1. The molecule has 0 radical (unpaired) electrons. The Bertz CT molecular complexity index is 1550. The van der Waals surface area contributed by atoms with Gasteiger partial charge in [0.05, 0.1) is 22.1 Å². The van der Waals surface area contributed by atoms with E-state index in [1.807, 2.05) is 22.4 Å². The number of amides is 1. The van der Waals surface area contributed by atoms with Gasteiger partial charge >= 0.3 is 0 Å². The van der Waals surface area contributed by atoms with Crippen molar-refractivity contribution >= 4 is 51.3 Å². The fourth-order valence-corrected chi connectivity index (χ4v) is 5.26. The summed E-state index contributed by atoms with van der Waals surface area (Å²) in [7, 11) is 0. The second-order valence-corrected chi connectivity index (χ2v) is 9.68. The maximum absolute atomic E-state index is 13.5. The third-order valence-corrected chi connectivity index (χ3v) is 7.23. The second-order valence-electron chi connectivity index (χ2n) is 8.30. The summed E-state index contributed by atoms with van der Waals surface area (Å²) in [5.41, 5.74) is 0.501. The van der Waals surface area contributed by atoms with Gasteiger partial charge in [0.2, 0.25) is 0 Å². The summed E-state index contributed by atoms with van der Waals surface area (Å²) in [5.74, 6) is -0.303. The van der Waals surface area contributed by atoms with Crippen molar-refractivity contribution in [2.24, 2.45) is 0 Å². The molecule has 0 atom stereocenters. The molecule has 0 unspecified atom stereocenters. The number of piperazine rings is 1. The zero-order valence-electron chi connectivity index (χ0n) is 19.1. The van der Waals surface area contributed by atoms with E-state index in [0.717, 1.165) is 0 Å². The van der Waals surface area contributed by atoms with Gasteiger partial charge in [-0.05, 0) is 17.5 Å². The predicted molar refractivity (Wildman–Crippen MR) is 139 cm³/mol. The lowest BCUT2D eigenvalue weighted by Gasteiger charge is -2.36. The maximum Gasteiger partial charge on any atom is 0.272 e. The average molecular weight is 518 g/mol. The molecule has 0 aliphatic carbocycles. The minimum atomic E-state index is -0.587. The quantitative estimate of drug-likeness (QED) is 0.373. The Morgan fingerprint density at radius 2 is 1.83 bits per heavy atom. The van der Waals surface area contributed by atoms with Gasteiger partial charge in [0.25, 0.3) is 11.5 Å². The second kappa shape index (κ2) is 9.93. The predicted octanol–water partition coefficient (Wildman–Crippen LogP) is 3.83. The third-order valence-electron chi connectivity index (χ3n) is 6.16. The Kier molecular flexibility index (Phi) is 6.55. The fourth-order valence-electron chi connectivity index (χ4n) is 4.41. The Morgan fingerprint density at radius 1 is 1.08 bits per heavy atom. The summed E-state index contributed by atoms with van der Waals surface area (Å²) >= 11 is 7.67. The lowest BCUT2D eigenvalue weighted by Crippen LogP contribution is -2.49. The van der Waals surface area contributed by atoms with Crippen LogP contribution in [-0.2, 0) is 6.54 Å². The molecule has 0 bridgehead atoms. The van der Waals surface area contributed by atoms with E-state index in [2.05, 4.69) is 4.98 Å². The molecule has 0 saturated carbocycles. The molecule has 3 aromatic heterocycles. The third kappa shape index (κ3) is 4.37. The molecule has 1 aliphatic heterocycles. The van der Waals surface area contributed by atoms with Crippen molar-refractivity contribution in [3.63, 3.8) is 0 Å². The van der Waals surface area contributed by atoms with Gasteiger partial charge in [0.1, 0.15) is 17.3 Å². The SMILES string of the molecule is N#Cc1c(N2CCN(C(=O)c3cccs3)CC2)c2cc(Cl)cnc2n(CC(=O)c2ccccc2)c1=O. The summed E-state index contributed by atoms with van der Waals surface area (Å²) < 4.78 is 1.24. The summed E-state index contributed by atoms with van der Waals surface area (Å²) in [4.78, 5) is 47.9. The van der Waals surface area contributed by atoms with Crippen LogP contribution in [0.4, 0.5) is 5.69 Å². The van der Waals surface area contributed by atoms with Crippen molar-refractivity contribution < 1.29 is 9.59 Å². The van der Waals surface area contributed by atoms with Crippen molar-refractivity contribution in [2.45, 2.75) is 6.54 Å². The summed E-state index contributed by atoms with van der Waals surface area (Å²) in [6.45, 7) is 1.48. The van der Waals surface area contributed by atoms with Crippen molar-refractivity contribution in [3.05, 3.63) is 91.5 Å². The van der Waals surface area contributed by atoms with Gasteiger partial charge in [0, 0.05) is 43.3 Å². The molecule has 1 fully saturated rings. The monoisotopic (exact) mass is 517 g/mol. The molecular weight excluding hydrogens is 498 g/mol. The van der Waals surface area contributed by atoms with Crippen LogP contribution < -0.4 is 10.5 Å². The lowest BCUT2D eigenvalue weighted by atomic mass is 10.1. The van der Waals surface area contributed by atoms with Gasteiger partial charge in [-0.2, -0.15) is 5.26 Å². The van der Waals surface area contributed by atoms with Crippen molar-refractivity contribution in [1.29, 1.82) is 5.26 Å². The molecular formula is C26H20ClN5O3S. The number of carbonyl (C=O) groups is 2. The Labute approximate surface area is 215 Å². The number of Topliss-reactive ketones (excluding diaryl/α,β-unsaturated/α-hetero) is 1. The fraction of sp³-hybridized carbons (Fsp3) is 0.192. The van der Waals surface area contributed by atoms with Crippen molar-refractivity contribution in [2.75, 3.05) is 31.1 Å². The van der Waals surface area contributed by atoms with Crippen LogP contribution in [-0.4, -0.2) is 52.3 Å². The van der Waals surface area contributed by atoms with Crippen LogP contribution in [0.1, 0.15) is 25.6 Å². The number of hydrogen-bond acceptors (Lipinski definition) is 7. The average Bonchev–Trinajstić information content (AvgIpc) is 3.45. The number of rotatable bonds is 5. The highest BCUT2D eigenvalue weighted by Gasteiger charge is 2.28. The van der Waals surface area contributed by atoms with Crippen LogP contribution in [0.3, 0.4) is 0 Å². The largest absolute Gasteiger partial charge is 0.366 e. The molecule has 4 aromatic rings. The van der Waals surface area contributed by atoms with Gasteiger partial charge in [-0.1, -0.05) is 48.0 Å². The Balaban J connectivity index is 1.53. The molecule has 10 heteroatoms. The van der Waals surface area contributed by atoms with Crippen LogP contribution in [0.15, 0.2) is 64.9 Å². The molecule has 0 spiro atoms. The van der Waals surface area contributed by atoms with Gasteiger partial charge in [0.15, 0.2) is 5.78 Å². The molecule has 4 heterocycles. The number of aromatic nitrogens is 2. The lowest BCUT2D eigenvalue weighted by molar-refractivity contribution is 0.0751. The number of hydrogen-bond donors (Lipinski definition) is 0. The van der Waals surface area contributed by atoms with Gasteiger partial charge < -0.3 is 9.80 Å². The molecule has 8 nitrogen and oxygen atoms in total. The molecule has 1 aliphatic rings. The molecule has 1 aromatic carbocycles. The molecule has 1 saturated heterocycles. The maximum atomic E-state index is 13.5. The zero-order chi connectivity index (χ0) is 25.2. The number of carbonyl (C=O) groups excluding carboxylic acids is 2. The molecule has 180 valence electrons. The minimum absolute atomic E-state index is 0.0328. The van der Waals surface area contributed by atoms with Crippen LogP contribution in [0.2, 0.25) is 5.02 Å². The first-order chi connectivity index (χ1) is 17.5. The van der Waals surface area contributed by atoms with E-state index in [4.69, 9.17) is 11.6 Å². The van der Waals surface area contributed by atoms with Crippen LogP contribution in [0.5, 0.6) is 0 Å². The summed E-state index contributed by atoms with van der Waals surface area (Å²) in [6.07, 6.45) is 1.42. The first-order valence-corrected chi connectivity index (χ1v) is 12.5. The van der Waals surface area contributed by atoms with Crippen LogP contribution in [0, 0.1) is 11.3 Å². The minimum Gasteiger partial charge on any atom is -0.366 e. The van der Waals surface area contributed by atoms with E-state index in [1.165, 1.54) is 22.1 Å². The summed E-state index contributed by atoms with van der Waals surface area (Å²) in [6, 6.07) is 16.0. The zero-order valence-corrected chi connectivity index (χ0v) is 20.6. The highest BCUT2D eigenvalue weighted by molar-refractivity contribution is 7.12. The number of fused-ring (bicyclic) bond motifs is 1. The first kappa shape index (κ1) is 23.7. The normalized spacial score (nSPS) is 13.6. The number of ketones is 1. The molecule has 5 rings (SSSR count). The van der Waals surface area contributed by atoms with E-state index < -0.39 is 5.56 Å². The van der Waals surface area contributed by atoms with E-state index in [0.29, 0.717) is 52.7 Å². The van der Waals surface area contributed by atoms with E-state index >= 15 is 0 Å². The highest BCUT2D eigenvalue weighted by atomic mass is 35.5. The van der Waals surface area contributed by atoms with Gasteiger partial charge in [-0.3, -0.25) is 19.0 Å². The first-order valence-electron chi connectivity index (χ1n) is 11.3. The Hall–Kier alpha value is -4.00. The number of thiophene rings is 1. The number of pyridine rings is 2. The standard InChI is InChI=1S/C26H20ClN5O3S/c27-18-13-19-23(30-8-10-31(11-9-30)26(35)22-7-4-12-36-22)20(14-28)25(34)32(24(19)29-15-18)16-21(33)17-5-2-1-3-6-17/h1-7,12-13,15H,8-11,16H2. The van der Waals surface area contributed by atoms with E-state index in [-0.39, 0.29) is 29.4 Å². The van der Waals surface area contributed by atoms with E-state index in [9.17, 15) is 19.6 Å². The highest BCUT2D eigenvalue weighted by Crippen LogP contribution is 2.31. The van der Waals surface area contributed by atoms with Gasteiger partial charge in [-0.15, -0.1) is 11.3 Å². The topological polar surface area (TPSA) is 99.3 Å². The van der Waals surface area contributed by atoms with Crippen LogP contribution >= 0.6 is 22.9 Å². The van der Waals surface area contributed by atoms with Gasteiger partial charge in [-0.25, -0.2) is 4.98 Å². The van der Waals surface area contributed by atoms with Crippen molar-refractivity contribution in [1.82, 2.24) is 14.5 Å². The van der Waals surface area contributed by atoms with E-state index in [1.54, 1.807) is 47.4 Å². The number of nitriles is 1. The van der Waals surface area contributed by atoms with Crippen molar-refractivity contribution in [3.8, 4) is 6.07 Å². The summed E-state index contributed by atoms with van der Waals surface area (Å²) in [5, 5.41) is 12.7. The van der Waals surface area contributed by atoms with Crippen LogP contribution in [0.25, 0.3) is 11.0 Å². The number of benzene rings is 1. The Morgan fingerprint density at radius 3 is 2.50 bits per heavy atom. The smallest absolute Gasteiger partial charge is 0.272 e.